The Kier molecular flexibility index (Phi) is 4.42. The van der Waals surface area contributed by atoms with Crippen LogP contribution in [0.1, 0.15) is 30.3 Å². The van der Waals surface area contributed by atoms with E-state index in [-0.39, 0.29) is 5.69 Å². The van der Waals surface area contributed by atoms with Crippen LogP contribution < -0.4 is 4.90 Å². The maximum atomic E-state index is 11.5. The summed E-state index contributed by atoms with van der Waals surface area (Å²) in [5.74, 6) is -0.441. The number of ether oxygens (including phenoxy) is 1. The minimum Gasteiger partial charge on any atom is -0.461 e. The molecule has 1 aliphatic rings. The van der Waals surface area contributed by atoms with Gasteiger partial charge in [-0.2, -0.15) is 4.98 Å². The zero-order valence-corrected chi connectivity index (χ0v) is 11.8. The lowest BCUT2D eigenvalue weighted by molar-refractivity contribution is 0.0519. The van der Waals surface area contributed by atoms with E-state index in [1.807, 2.05) is 11.9 Å². The lowest BCUT2D eigenvalue weighted by Crippen LogP contribution is -2.36. The van der Waals surface area contributed by atoms with Crippen molar-refractivity contribution in [2.75, 3.05) is 38.7 Å². The maximum Gasteiger partial charge on any atom is 0.360 e. The fraction of sp³-hybridized carbons (Fsp3) is 0.692. The summed E-state index contributed by atoms with van der Waals surface area (Å²) in [4.78, 5) is 19.9. The molecular formula is C13H21N3O3. The van der Waals surface area contributed by atoms with Crippen molar-refractivity contribution in [3.63, 3.8) is 0 Å². The molecule has 6 heteroatoms. The van der Waals surface area contributed by atoms with Crippen molar-refractivity contribution in [1.29, 1.82) is 0 Å². The van der Waals surface area contributed by atoms with E-state index in [2.05, 4.69) is 16.9 Å². The molecular weight excluding hydrogens is 246 g/mol. The number of rotatable bonds is 5. The van der Waals surface area contributed by atoms with Crippen molar-refractivity contribution in [3.8, 4) is 0 Å². The monoisotopic (exact) mass is 267 g/mol. The van der Waals surface area contributed by atoms with Gasteiger partial charge < -0.3 is 19.0 Å². The SMILES string of the molecule is CCOC(=O)c1coc(N(C)CC2CCCN2C)n1. The molecule has 2 rings (SSSR count). The highest BCUT2D eigenvalue weighted by Gasteiger charge is 2.24. The summed E-state index contributed by atoms with van der Waals surface area (Å²) in [5, 5.41) is 0. The number of carbonyl (C=O) groups excluding carboxylic acids is 1. The number of likely N-dealkylation sites (N-methyl/N-ethyl adjacent to an activating group) is 2. The molecule has 6 nitrogen and oxygen atoms in total. The van der Waals surface area contributed by atoms with Crippen LogP contribution in [0.3, 0.4) is 0 Å². The summed E-state index contributed by atoms with van der Waals surface area (Å²) in [6.45, 7) is 4.09. The molecule has 1 aromatic rings. The average Bonchev–Trinajstić information content (AvgIpc) is 2.99. The molecule has 0 radical (unpaired) electrons. The third-order valence-corrected chi connectivity index (χ3v) is 3.46. The summed E-state index contributed by atoms with van der Waals surface area (Å²) in [6, 6.07) is 0.978. The molecule has 19 heavy (non-hydrogen) atoms. The Hall–Kier alpha value is -1.56. The van der Waals surface area contributed by atoms with Gasteiger partial charge in [-0.15, -0.1) is 0 Å². The van der Waals surface area contributed by atoms with E-state index in [0.717, 1.165) is 13.1 Å². The first-order chi connectivity index (χ1) is 9.11. The molecule has 0 bridgehead atoms. The Labute approximate surface area is 113 Å². The van der Waals surface area contributed by atoms with Gasteiger partial charge in [-0.05, 0) is 33.4 Å². The third kappa shape index (κ3) is 3.26. The topological polar surface area (TPSA) is 58.8 Å². The Morgan fingerprint density at radius 1 is 1.68 bits per heavy atom. The second-order valence-corrected chi connectivity index (χ2v) is 4.89. The molecule has 1 atom stereocenters. The van der Waals surface area contributed by atoms with Crippen LogP contribution in [0.25, 0.3) is 0 Å². The van der Waals surface area contributed by atoms with E-state index in [9.17, 15) is 4.79 Å². The van der Waals surface area contributed by atoms with E-state index < -0.39 is 5.97 Å². The van der Waals surface area contributed by atoms with E-state index in [1.54, 1.807) is 6.92 Å². The molecule has 0 N–H and O–H groups in total. The number of anilines is 1. The highest BCUT2D eigenvalue weighted by molar-refractivity contribution is 5.87. The third-order valence-electron chi connectivity index (χ3n) is 3.46. The number of hydrogen-bond acceptors (Lipinski definition) is 6. The molecule has 0 spiro atoms. The lowest BCUT2D eigenvalue weighted by atomic mass is 10.2. The van der Waals surface area contributed by atoms with Crippen molar-refractivity contribution in [2.45, 2.75) is 25.8 Å². The second-order valence-electron chi connectivity index (χ2n) is 4.89. The van der Waals surface area contributed by atoms with E-state index in [1.165, 1.54) is 19.1 Å². The summed E-state index contributed by atoms with van der Waals surface area (Å²) < 4.78 is 10.2. The van der Waals surface area contributed by atoms with Crippen LogP contribution in [-0.2, 0) is 4.74 Å². The number of aromatic nitrogens is 1. The number of hydrogen-bond donors (Lipinski definition) is 0. The fourth-order valence-electron chi connectivity index (χ4n) is 2.34. The van der Waals surface area contributed by atoms with Crippen LogP contribution in [0.5, 0.6) is 0 Å². The first-order valence-electron chi connectivity index (χ1n) is 6.65. The van der Waals surface area contributed by atoms with E-state index in [0.29, 0.717) is 18.7 Å². The highest BCUT2D eigenvalue weighted by atomic mass is 16.5. The second kappa shape index (κ2) is 6.06. The standard InChI is InChI=1S/C13H21N3O3/c1-4-18-12(17)11-9-19-13(14-11)16(3)8-10-6-5-7-15(10)2/h9-10H,4-8H2,1-3H3. The summed E-state index contributed by atoms with van der Waals surface area (Å²) in [7, 11) is 4.05. The quantitative estimate of drug-likeness (QED) is 0.751. The predicted octanol–water partition coefficient (Wildman–Crippen LogP) is 1.38. The minimum atomic E-state index is -0.441. The number of nitrogens with zero attached hydrogens (tertiary/aromatic N) is 3. The Bertz CT molecular complexity index is 433. The number of esters is 1. The van der Waals surface area contributed by atoms with Crippen LogP contribution in [0.4, 0.5) is 6.01 Å². The normalized spacial score (nSPS) is 19.6. The summed E-state index contributed by atoms with van der Waals surface area (Å²) in [6.07, 6.45) is 3.77. The van der Waals surface area contributed by atoms with Crippen LogP contribution in [-0.4, -0.2) is 55.7 Å². The van der Waals surface area contributed by atoms with Gasteiger partial charge in [0.15, 0.2) is 5.69 Å². The van der Waals surface area contributed by atoms with Crippen molar-refractivity contribution >= 4 is 12.0 Å². The van der Waals surface area contributed by atoms with Gasteiger partial charge >= 0.3 is 5.97 Å². The fourth-order valence-corrected chi connectivity index (χ4v) is 2.34. The molecule has 1 unspecified atom stereocenters. The van der Waals surface area contributed by atoms with Crippen LogP contribution in [0.2, 0.25) is 0 Å². The van der Waals surface area contributed by atoms with Crippen molar-refractivity contribution in [1.82, 2.24) is 9.88 Å². The van der Waals surface area contributed by atoms with Crippen molar-refractivity contribution < 1.29 is 13.9 Å². The lowest BCUT2D eigenvalue weighted by Gasteiger charge is -2.24. The van der Waals surface area contributed by atoms with Gasteiger partial charge in [0.05, 0.1) is 6.61 Å². The first-order valence-corrected chi connectivity index (χ1v) is 6.65. The highest BCUT2D eigenvalue weighted by Crippen LogP contribution is 2.19. The van der Waals surface area contributed by atoms with Gasteiger partial charge in [0.2, 0.25) is 0 Å². The van der Waals surface area contributed by atoms with Crippen LogP contribution >= 0.6 is 0 Å². The number of carbonyl (C=O) groups is 1. The van der Waals surface area contributed by atoms with Crippen molar-refractivity contribution in [2.24, 2.45) is 0 Å². The smallest absolute Gasteiger partial charge is 0.360 e. The molecule has 0 aliphatic carbocycles. The largest absolute Gasteiger partial charge is 0.461 e. The molecule has 1 saturated heterocycles. The Morgan fingerprint density at radius 2 is 2.47 bits per heavy atom. The molecule has 0 saturated carbocycles. The van der Waals surface area contributed by atoms with E-state index in [4.69, 9.17) is 9.15 Å². The molecule has 106 valence electrons. The summed E-state index contributed by atoms with van der Waals surface area (Å²) >= 11 is 0. The molecule has 1 fully saturated rings. The number of oxazole rings is 1. The van der Waals surface area contributed by atoms with Gasteiger partial charge in [-0.1, -0.05) is 0 Å². The minimum absolute atomic E-state index is 0.225. The van der Waals surface area contributed by atoms with Gasteiger partial charge in [-0.3, -0.25) is 0 Å². The Morgan fingerprint density at radius 3 is 3.11 bits per heavy atom. The average molecular weight is 267 g/mol. The molecule has 0 amide bonds. The Balaban J connectivity index is 1.95. The molecule has 0 aromatic carbocycles. The summed E-state index contributed by atoms with van der Waals surface area (Å²) in [5.41, 5.74) is 0.225. The molecule has 1 aromatic heterocycles. The van der Waals surface area contributed by atoms with E-state index >= 15 is 0 Å². The van der Waals surface area contributed by atoms with Crippen LogP contribution in [0.15, 0.2) is 10.7 Å². The molecule has 1 aliphatic heterocycles. The van der Waals surface area contributed by atoms with Gasteiger partial charge in [0, 0.05) is 19.6 Å². The van der Waals surface area contributed by atoms with Gasteiger partial charge in [0.25, 0.3) is 6.01 Å². The van der Waals surface area contributed by atoms with Gasteiger partial charge in [0.1, 0.15) is 6.26 Å². The molecule has 2 heterocycles. The van der Waals surface area contributed by atoms with Crippen LogP contribution in [0, 0.1) is 0 Å². The predicted molar refractivity (Wildman–Crippen MR) is 71.4 cm³/mol. The zero-order chi connectivity index (χ0) is 13.8. The maximum absolute atomic E-state index is 11.5. The first kappa shape index (κ1) is 13.9. The van der Waals surface area contributed by atoms with Gasteiger partial charge in [-0.25, -0.2) is 4.79 Å². The zero-order valence-electron chi connectivity index (χ0n) is 11.8. The van der Waals surface area contributed by atoms with Crippen molar-refractivity contribution in [3.05, 3.63) is 12.0 Å². The number of likely N-dealkylation sites (tertiary alicyclic amines) is 1.